The van der Waals surface area contributed by atoms with Crippen LogP contribution in [-0.4, -0.2) is 53.2 Å². The molecule has 0 bridgehead atoms. The topological polar surface area (TPSA) is 45.7 Å². The lowest BCUT2D eigenvalue weighted by molar-refractivity contribution is 0.0327. The van der Waals surface area contributed by atoms with Gasteiger partial charge in [0, 0.05) is 25.2 Å². The maximum Gasteiger partial charge on any atom is 0.414 e. The predicted octanol–water partition coefficient (Wildman–Crippen LogP) is 5.63. The van der Waals surface area contributed by atoms with Crippen molar-refractivity contribution in [3.63, 3.8) is 0 Å². The highest BCUT2D eigenvalue weighted by Crippen LogP contribution is 2.34. The second-order valence-corrected chi connectivity index (χ2v) is 10.5. The largest absolute Gasteiger partial charge is 0.443 e. The first kappa shape index (κ1) is 21.1. The van der Waals surface area contributed by atoms with E-state index in [0.717, 1.165) is 47.7 Å². The van der Waals surface area contributed by atoms with Crippen molar-refractivity contribution in [1.82, 2.24) is 14.8 Å². The first-order valence-corrected chi connectivity index (χ1v) is 11.5. The van der Waals surface area contributed by atoms with Crippen LogP contribution in [0.1, 0.15) is 51.1 Å². The lowest BCUT2D eigenvalue weighted by Gasteiger charge is -2.33. The van der Waals surface area contributed by atoms with E-state index in [4.69, 9.17) is 9.72 Å². The summed E-state index contributed by atoms with van der Waals surface area (Å²) in [5.74, 6) is 0.409. The molecule has 0 fully saturated rings. The van der Waals surface area contributed by atoms with Gasteiger partial charge in [-0.25, -0.2) is 9.78 Å². The Hall–Kier alpha value is -2.18. The van der Waals surface area contributed by atoms with Gasteiger partial charge in [-0.2, -0.15) is 0 Å². The second kappa shape index (κ2) is 8.16. The maximum absolute atomic E-state index is 12.9. The Kier molecular flexibility index (Phi) is 5.73. The van der Waals surface area contributed by atoms with Gasteiger partial charge in [0.15, 0.2) is 0 Å². The van der Waals surface area contributed by atoms with E-state index in [1.807, 2.05) is 20.8 Å². The van der Waals surface area contributed by atoms with Crippen LogP contribution in [0.15, 0.2) is 30.4 Å². The Balaban J connectivity index is 1.64. The van der Waals surface area contributed by atoms with Crippen molar-refractivity contribution >= 4 is 38.9 Å². The minimum atomic E-state index is -0.515. The van der Waals surface area contributed by atoms with Crippen LogP contribution < -0.4 is 0 Å². The number of carbonyl (C=O) groups excluding carboxylic acids is 1. The summed E-state index contributed by atoms with van der Waals surface area (Å²) in [4.78, 5) is 21.9. The molecule has 0 saturated carbocycles. The molecule has 1 atom stereocenters. The molecule has 30 heavy (non-hydrogen) atoms. The Bertz CT molecular complexity index is 1020. The van der Waals surface area contributed by atoms with E-state index in [-0.39, 0.29) is 6.09 Å². The van der Waals surface area contributed by atoms with Crippen LogP contribution in [0.2, 0.25) is 0 Å². The summed E-state index contributed by atoms with van der Waals surface area (Å²) < 4.78 is 6.86. The number of nitrogens with zero attached hydrogens (tertiary/aromatic N) is 3. The van der Waals surface area contributed by atoms with Gasteiger partial charge in [0.2, 0.25) is 0 Å². The van der Waals surface area contributed by atoms with Crippen LogP contribution in [-0.2, 0) is 4.74 Å². The summed E-state index contributed by atoms with van der Waals surface area (Å²) in [7, 11) is 2.15. The summed E-state index contributed by atoms with van der Waals surface area (Å²) in [6.45, 7) is 10.6. The molecule has 1 aromatic heterocycles. The van der Waals surface area contributed by atoms with E-state index in [9.17, 15) is 4.79 Å². The molecule has 0 aliphatic carbocycles. The minimum absolute atomic E-state index is 0.282. The second-order valence-electron chi connectivity index (χ2n) is 9.46. The number of hydrogen-bond donors (Lipinski definition) is 0. The number of likely N-dealkylation sites (N-methyl/N-ethyl adjacent to an activating group) is 1. The van der Waals surface area contributed by atoms with E-state index in [1.165, 1.54) is 10.3 Å². The van der Waals surface area contributed by atoms with Crippen molar-refractivity contribution in [2.75, 3.05) is 26.7 Å². The van der Waals surface area contributed by atoms with E-state index in [0.29, 0.717) is 12.5 Å². The molecule has 1 amide bonds. The predicted molar refractivity (Wildman–Crippen MR) is 124 cm³/mol. The van der Waals surface area contributed by atoms with Crippen LogP contribution >= 0.6 is 11.3 Å². The van der Waals surface area contributed by atoms with E-state index < -0.39 is 5.60 Å². The number of rotatable bonds is 2. The Morgan fingerprint density at radius 1 is 1.27 bits per heavy atom. The lowest BCUT2D eigenvalue weighted by atomic mass is 9.98. The van der Waals surface area contributed by atoms with Crippen molar-refractivity contribution in [3.05, 3.63) is 40.9 Å². The molecule has 1 aromatic carbocycles. The van der Waals surface area contributed by atoms with Gasteiger partial charge in [0.25, 0.3) is 0 Å². The highest BCUT2D eigenvalue weighted by Gasteiger charge is 2.29. The molecule has 0 radical (unpaired) electrons. The Labute approximate surface area is 183 Å². The van der Waals surface area contributed by atoms with Gasteiger partial charge in [-0.3, -0.25) is 4.90 Å². The van der Waals surface area contributed by atoms with Crippen molar-refractivity contribution in [3.8, 4) is 0 Å². The number of ether oxygens (including phenoxy) is 1. The monoisotopic (exact) mass is 425 g/mol. The number of allylic oxidation sites excluding steroid dienone is 1. The summed E-state index contributed by atoms with van der Waals surface area (Å²) in [5.41, 5.74) is 3.78. The van der Waals surface area contributed by atoms with Gasteiger partial charge in [0.1, 0.15) is 10.6 Å². The van der Waals surface area contributed by atoms with Gasteiger partial charge in [-0.15, -0.1) is 11.3 Å². The van der Waals surface area contributed by atoms with Crippen molar-refractivity contribution in [1.29, 1.82) is 0 Å². The number of carbonyl (C=O) groups is 1. The third-order valence-corrected chi connectivity index (χ3v) is 6.59. The fourth-order valence-corrected chi connectivity index (χ4v) is 4.87. The van der Waals surface area contributed by atoms with E-state index in [1.54, 1.807) is 16.2 Å². The summed E-state index contributed by atoms with van der Waals surface area (Å²) >= 11 is 1.75. The Morgan fingerprint density at radius 2 is 2.07 bits per heavy atom. The average molecular weight is 426 g/mol. The number of amides is 1. The molecule has 0 saturated heterocycles. The van der Waals surface area contributed by atoms with E-state index >= 15 is 0 Å². The molecule has 2 aromatic rings. The van der Waals surface area contributed by atoms with Crippen LogP contribution in [0, 0.1) is 5.92 Å². The van der Waals surface area contributed by atoms with Crippen LogP contribution in [0.25, 0.3) is 21.5 Å². The molecule has 2 aliphatic rings. The number of thiazole rings is 1. The fraction of sp³-hybridized carbons (Fsp3) is 0.500. The van der Waals surface area contributed by atoms with Crippen LogP contribution in [0.3, 0.4) is 0 Å². The minimum Gasteiger partial charge on any atom is -0.443 e. The molecule has 0 N–H and O–H groups in total. The van der Waals surface area contributed by atoms with Gasteiger partial charge < -0.3 is 9.64 Å². The number of benzene rings is 1. The highest BCUT2D eigenvalue weighted by molar-refractivity contribution is 7.19. The molecule has 160 valence electrons. The average Bonchev–Trinajstić information content (AvgIpc) is 3.10. The zero-order valence-corrected chi connectivity index (χ0v) is 19.4. The molecular weight excluding hydrogens is 394 g/mol. The normalized spacial score (nSPS) is 20.8. The van der Waals surface area contributed by atoms with E-state index in [2.05, 4.69) is 49.2 Å². The molecule has 2 aliphatic heterocycles. The molecule has 4 rings (SSSR count). The zero-order chi connectivity index (χ0) is 21.5. The van der Waals surface area contributed by atoms with Gasteiger partial charge >= 0.3 is 6.09 Å². The Morgan fingerprint density at radius 3 is 2.77 bits per heavy atom. The van der Waals surface area contributed by atoms with Crippen molar-refractivity contribution < 1.29 is 9.53 Å². The quantitative estimate of drug-likeness (QED) is 0.625. The summed E-state index contributed by atoms with van der Waals surface area (Å²) in [6, 6.07) is 6.35. The van der Waals surface area contributed by atoms with Gasteiger partial charge in [-0.1, -0.05) is 25.1 Å². The number of hydrogen-bond acceptors (Lipinski definition) is 5. The van der Waals surface area contributed by atoms with Crippen molar-refractivity contribution in [2.45, 2.75) is 46.1 Å². The molecule has 5 nitrogen and oxygen atoms in total. The number of fused-ring (bicyclic) bond motifs is 1. The lowest BCUT2D eigenvalue weighted by Crippen LogP contribution is -2.39. The number of aromatic nitrogens is 1. The molecule has 6 heteroatoms. The molecular formula is C24H31N3O2S. The van der Waals surface area contributed by atoms with Gasteiger partial charge in [0.05, 0.1) is 15.9 Å². The SMILES string of the molecule is CC1CC=C(c2ccc3sc(C4=CCN(C)CC4)nc3c2)N(C(=O)OC(C)(C)C)C1. The van der Waals surface area contributed by atoms with Crippen LogP contribution in [0.5, 0.6) is 0 Å². The zero-order valence-electron chi connectivity index (χ0n) is 18.6. The van der Waals surface area contributed by atoms with Gasteiger partial charge in [-0.05, 0) is 64.3 Å². The maximum atomic E-state index is 12.9. The third kappa shape index (κ3) is 4.60. The molecule has 1 unspecified atom stereocenters. The first-order chi connectivity index (χ1) is 14.2. The standard InChI is InChI=1S/C24H31N3O2S/c1-16-6-8-20(27(15-16)23(28)29-24(2,3)4)18-7-9-21-19(14-18)25-22(30-21)17-10-12-26(5)13-11-17/h7-10,14,16H,6,11-13,15H2,1-5H3. The van der Waals surface area contributed by atoms with Crippen molar-refractivity contribution in [2.24, 2.45) is 5.92 Å². The first-order valence-electron chi connectivity index (χ1n) is 10.7. The third-order valence-electron chi connectivity index (χ3n) is 5.48. The summed E-state index contributed by atoms with van der Waals surface area (Å²) in [6.07, 6.45) is 6.16. The smallest absolute Gasteiger partial charge is 0.414 e. The fourth-order valence-electron chi connectivity index (χ4n) is 3.86. The summed E-state index contributed by atoms with van der Waals surface area (Å²) in [5, 5.41) is 1.12. The molecule has 0 spiro atoms. The molecule has 3 heterocycles. The highest BCUT2D eigenvalue weighted by atomic mass is 32.1. The van der Waals surface area contributed by atoms with Crippen LogP contribution in [0.4, 0.5) is 4.79 Å².